The lowest BCUT2D eigenvalue weighted by Crippen LogP contribution is -2.32. The van der Waals surface area contributed by atoms with E-state index in [1.807, 2.05) is 0 Å². The van der Waals surface area contributed by atoms with E-state index in [1.54, 1.807) is 24.3 Å². The first-order chi connectivity index (χ1) is 9.91. The predicted molar refractivity (Wildman–Crippen MR) is 78.2 cm³/mol. The minimum atomic E-state index is -3.48. The number of sulfonamides is 1. The number of para-hydroxylation sites is 2. The fraction of sp³-hybridized carbons (Fsp3) is 0.417. The third-order valence-corrected chi connectivity index (χ3v) is 3.69. The number of amides is 1. The van der Waals surface area contributed by atoms with Crippen molar-refractivity contribution in [2.45, 2.75) is 0 Å². The number of hydrogen-bond donors (Lipinski definition) is 3. The first kappa shape index (κ1) is 17.2. The number of nitrogens with one attached hydrogen (secondary N) is 1. The molecular formula is C12H19N3O5S. The second-order valence-electron chi connectivity index (χ2n) is 4.12. The molecule has 0 aliphatic carbocycles. The Hall–Kier alpha value is -1.84. The normalized spacial score (nSPS) is 11.2. The molecule has 8 nitrogen and oxygen atoms in total. The van der Waals surface area contributed by atoms with Crippen molar-refractivity contribution in [3.8, 4) is 5.75 Å². The Balaban J connectivity index is 2.24. The van der Waals surface area contributed by atoms with Crippen LogP contribution in [0.5, 0.6) is 5.75 Å². The summed E-state index contributed by atoms with van der Waals surface area (Å²) in [4.78, 5) is 10.4. The van der Waals surface area contributed by atoms with Crippen LogP contribution in [-0.2, 0) is 19.6 Å². The number of benzene rings is 1. The minimum absolute atomic E-state index is 0.0221. The molecule has 5 N–H and O–H groups in total. The monoisotopic (exact) mass is 317 g/mol. The van der Waals surface area contributed by atoms with E-state index >= 15 is 0 Å². The summed E-state index contributed by atoms with van der Waals surface area (Å²) >= 11 is 0. The van der Waals surface area contributed by atoms with Crippen LogP contribution in [0.1, 0.15) is 0 Å². The van der Waals surface area contributed by atoms with Gasteiger partial charge in [0.15, 0.2) is 0 Å². The van der Waals surface area contributed by atoms with Gasteiger partial charge < -0.3 is 20.9 Å². The lowest BCUT2D eigenvalue weighted by molar-refractivity contribution is -0.122. The van der Waals surface area contributed by atoms with Gasteiger partial charge in [0.2, 0.25) is 15.9 Å². The molecule has 0 aliphatic heterocycles. The Labute approximate surface area is 123 Å². The second-order valence-corrected chi connectivity index (χ2v) is 6.04. The molecule has 1 aromatic rings. The van der Waals surface area contributed by atoms with E-state index in [2.05, 4.69) is 4.72 Å². The summed E-state index contributed by atoms with van der Waals surface area (Å²) in [6, 6.07) is 6.83. The first-order valence-corrected chi connectivity index (χ1v) is 7.86. The summed E-state index contributed by atoms with van der Waals surface area (Å²) in [6.45, 7) is -0.137. The topological polar surface area (TPSA) is 134 Å². The van der Waals surface area contributed by atoms with Gasteiger partial charge in [-0.25, -0.2) is 13.1 Å². The van der Waals surface area contributed by atoms with Gasteiger partial charge in [0, 0.05) is 6.54 Å². The number of rotatable bonds is 10. The molecule has 1 rings (SSSR count). The lowest BCUT2D eigenvalue weighted by atomic mass is 10.3. The van der Waals surface area contributed by atoms with Crippen molar-refractivity contribution in [3.05, 3.63) is 24.3 Å². The number of primary amides is 1. The molecule has 0 aromatic heterocycles. The smallest absolute Gasteiger partial charge is 0.243 e. The van der Waals surface area contributed by atoms with Crippen molar-refractivity contribution < 1.29 is 22.7 Å². The molecule has 0 spiro atoms. The third-order valence-electron chi connectivity index (χ3n) is 2.34. The number of nitrogen functional groups attached to an aromatic ring is 1. The van der Waals surface area contributed by atoms with E-state index in [4.69, 9.17) is 20.9 Å². The largest absolute Gasteiger partial charge is 0.490 e. The number of nitrogens with two attached hydrogens (primary N) is 2. The number of carbonyl (C=O) groups is 1. The Morgan fingerprint density at radius 1 is 1.24 bits per heavy atom. The summed E-state index contributed by atoms with van der Waals surface area (Å²) < 4.78 is 35.7. The van der Waals surface area contributed by atoms with E-state index in [1.165, 1.54) is 0 Å². The maximum atomic E-state index is 11.6. The molecule has 0 saturated carbocycles. The van der Waals surface area contributed by atoms with Crippen LogP contribution < -0.4 is 20.9 Å². The van der Waals surface area contributed by atoms with Gasteiger partial charge in [0.05, 0.1) is 18.0 Å². The summed E-state index contributed by atoms with van der Waals surface area (Å²) in [5.41, 5.74) is 11.0. The highest BCUT2D eigenvalue weighted by molar-refractivity contribution is 7.89. The van der Waals surface area contributed by atoms with Gasteiger partial charge in [-0.2, -0.15) is 0 Å². The van der Waals surface area contributed by atoms with Gasteiger partial charge in [-0.3, -0.25) is 4.79 Å². The maximum absolute atomic E-state index is 11.6. The molecule has 0 aliphatic rings. The van der Waals surface area contributed by atoms with Crippen LogP contribution in [0.2, 0.25) is 0 Å². The predicted octanol–water partition coefficient (Wildman–Crippen LogP) is -0.931. The highest BCUT2D eigenvalue weighted by Gasteiger charge is 2.10. The van der Waals surface area contributed by atoms with E-state index in [9.17, 15) is 13.2 Å². The number of carbonyl (C=O) groups excluding carboxylic acids is 1. The van der Waals surface area contributed by atoms with Crippen molar-refractivity contribution in [2.24, 2.45) is 5.73 Å². The Morgan fingerprint density at radius 3 is 2.62 bits per heavy atom. The van der Waals surface area contributed by atoms with Crippen LogP contribution in [-0.4, -0.2) is 46.4 Å². The van der Waals surface area contributed by atoms with Crippen LogP contribution in [0.3, 0.4) is 0 Å². The highest BCUT2D eigenvalue weighted by Crippen LogP contribution is 2.19. The van der Waals surface area contributed by atoms with E-state index in [-0.39, 0.29) is 32.1 Å². The van der Waals surface area contributed by atoms with Crippen molar-refractivity contribution >= 4 is 21.6 Å². The molecule has 0 heterocycles. The van der Waals surface area contributed by atoms with Crippen molar-refractivity contribution in [2.75, 3.05) is 37.9 Å². The quantitative estimate of drug-likeness (QED) is 0.377. The fourth-order valence-corrected chi connectivity index (χ4v) is 2.23. The van der Waals surface area contributed by atoms with E-state index in [0.717, 1.165) is 0 Å². The van der Waals surface area contributed by atoms with Crippen LogP contribution in [0.25, 0.3) is 0 Å². The molecule has 1 aromatic carbocycles. The molecular weight excluding hydrogens is 298 g/mol. The number of hydrogen-bond acceptors (Lipinski definition) is 6. The molecule has 0 radical (unpaired) electrons. The molecule has 1 amide bonds. The maximum Gasteiger partial charge on any atom is 0.243 e. The van der Waals surface area contributed by atoms with Gasteiger partial charge in [-0.15, -0.1) is 0 Å². The highest BCUT2D eigenvalue weighted by atomic mass is 32.2. The third kappa shape index (κ3) is 7.49. The first-order valence-electron chi connectivity index (χ1n) is 6.21. The number of anilines is 1. The minimum Gasteiger partial charge on any atom is -0.490 e. The Bertz CT molecular complexity index is 562. The second kappa shape index (κ2) is 8.45. The molecule has 0 saturated heterocycles. The van der Waals surface area contributed by atoms with Gasteiger partial charge in [-0.1, -0.05) is 12.1 Å². The average Bonchev–Trinajstić information content (AvgIpc) is 2.40. The molecule has 21 heavy (non-hydrogen) atoms. The van der Waals surface area contributed by atoms with Gasteiger partial charge >= 0.3 is 0 Å². The van der Waals surface area contributed by atoms with Crippen LogP contribution in [0.15, 0.2) is 24.3 Å². The SMILES string of the molecule is NC(=O)COCCNS(=O)(=O)CCOc1ccccc1N. The molecule has 0 atom stereocenters. The summed E-state index contributed by atoms with van der Waals surface area (Å²) in [6.07, 6.45) is 0. The Morgan fingerprint density at radius 2 is 1.95 bits per heavy atom. The van der Waals surface area contributed by atoms with Crippen LogP contribution in [0.4, 0.5) is 5.69 Å². The molecule has 9 heteroatoms. The molecule has 118 valence electrons. The fourth-order valence-electron chi connectivity index (χ4n) is 1.39. The van der Waals surface area contributed by atoms with Crippen LogP contribution >= 0.6 is 0 Å². The summed E-state index contributed by atoms with van der Waals surface area (Å²) in [7, 11) is -3.48. The average molecular weight is 317 g/mol. The van der Waals surface area contributed by atoms with Gasteiger partial charge in [0.1, 0.15) is 19.0 Å². The van der Waals surface area contributed by atoms with E-state index < -0.39 is 15.9 Å². The van der Waals surface area contributed by atoms with Crippen LogP contribution in [0, 0.1) is 0 Å². The molecule has 0 unspecified atom stereocenters. The van der Waals surface area contributed by atoms with Crippen molar-refractivity contribution in [1.29, 1.82) is 0 Å². The zero-order valence-electron chi connectivity index (χ0n) is 11.4. The summed E-state index contributed by atoms with van der Waals surface area (Å²) in [5.74, 6) is -0.374. The lowest BCUT2D eigenvalue weighted by Gasteiger charge is -2.10. The summed E-state index contributed by atoms with van der Waals surface area (Å²) in [5, 5.41) is 0. The molecule has 0 bridgehead atoms. The van der Waals surface area contributed by atoms with Crippen molar-refractivity contribution in [3.63, 3.8) is 0 Å². The van der Waals surface area contributed by atoms with Crippen molar-refractivity contribution in [1.82, 2.24) is 4.72 Å². The van der Waals surface area contributed by atoms with Gasteiger partial charge in [-0.05, 0) is 12.1 Å². The number of ether oxygens (including phenoxy) is 2. The molecule has 0 fully saturated rings. The van der Waals surface area contributed by atoms with Gasteiger partial charge in [0.25, 0.3) is 0 Å². The van der Waals surface area contributed by atoms with E-state index in [0.29, 0.717) is 11.4 Å². The zero-order valence-corrected chi connectivity index (χ0v) is 12.3. The zero-order chi connectivity index (χ0) is 15.7. The Kier molecular flexibility index (Phi) is 6.92. The standard InChI is InChI=1S/C12H19N3O5S/c13-10-3-1-2-4-11(10)20-7-8-21(17,18)15-5-6-19-9-12(14)16/h1-4,15H,5-9,13H2,(H2,14,16).